The molecule has 3 atom stereocenters. The van der Waals surface area contributed by atoms with Crippen molar-refractivity contribution >= 4 is 5.97 Å². The highest BCUT2D eigenvalue weighted by atomic mass is 16.5. The van der Waals surface area contributed by atoms with E-state index in [1.807, 2.05) is 0 Å². The molecule has 1 aliphatic rings. The summed E-state index contributed by atoms with van der Waals surface area (Å²) in [6.45, 7) is 11.4. The molecule has 0 aromatic heterocycles. The van der Waals surface area contributed by atoms with Crippen LogP contribution in [0.1, 0.15) is 56.2 Å². The van der Waals surface area contributed by atoms with Gasteiger partial charge < -0.3 is 9.84 Å². The molecular weight excluding hydrogens is 276 g/mol. The molecule has 0 spiro atoms. The molecule has 3 nitrogen and oxygen atoms in total. The van der Waals surface area contributed by atoms with Crippen LogP contribution >= 0.6 is 0 Å². The number of carboxylic acid groups (broad SMARTS) is 1. The van der Waals surface area contributed by atoms with Gasteiger partial charge in [0.15, 0.2) is 0 Å². The van der Waals surface area contributed by atoms with E-state index >= 15 is 0 Å². The fourth-order valence-electron chi connectivity index (χ4n) is 3.19. The molecular formula is C19H28O3. The van der Waals surface area contributed by atoms with Gasteiger partial charge in [-0.05, 0) is 55.6 Å². The number of aryl methyl sites for hydroxylation is 2. The van der Waals surface area contributed by atoms with E-state index in [0.29, 0.717) is 24.4 Å². The Morgan fingerprint density at radius 3 is 2.55 bits per heavy atom. The van der Waals surface area contributed by atoms with Crippen LogP contribution in [0.25, 0.3) is 0 Å². The number of benzene rings is 1. The number of carbonyl (C=O) groups is 1. The summed E-state index contributed by atoms with van der Waals surface area (Å²) >= 11 is 0. The first kappa shape index (κ1) is 16.9. The van der Waals surface area contributed by atoms with Crippen LogP contribution in [0.5, 0.6) is 5.75 Å². The predicted molar refractivity (Wildman–Crippen MR) is 88.5 cm³/mol. The molecule has 3 unspecified atom stereocenters. The van der Waals surface area contributed by atoms with Gasteiger partial charge in [0.25, 0.3) is 0 Å². The minimum atomic E-state index is -0.645. The van der Waals surface area contributed by atoms with Crippen LogP contribution in [0.3, 0.4) is 0 Å². The molecule has 1 aromatic rings. The fraction of sp³-hybridized carbons (Fsp3) is 0.632. The van der Waals surface area contributed by atoms with Crippen molar-refractivity contribution in [1.29, 1.82) is 0 Å². The Balaban J connectivity index is 2.15. The molecule has 1 fully saturated rings. The molecule has 22 heavy (non-hydrogen) atoms. The van der Waals surface area contributed by atoms with Crippen molar-refractivity contribution in [2.45, 2.75) is 53.4 Å². The van der Waals surface area contributed by atoms with E-state index in [4.69, 9.17) is 9.84 Å². The number of rotatable bonds is 7. The highest BCUT2D eigenvalue weighted by molar-refractivity contribution is 5.73. The van der Waals surface area contributed by atoms with Crippen LogP contribution < -0.4 is 4.74 Å². The molecule has 2 rings (SSSR count). The van der Waals surface area contributed by atoms with Crippen LogP contribution in [0.15, 0.2) is 12.1 Å². The second-order valence-electron chi connectivity index (χ2n) is 7.28. The maximum Gasteiger partial charge on any atom is 0.306 e. The Labute approximate surface area is 133 Å². The third-order valence-corrected chi connectivity index (χ3v) is 4.44. The van der Waals surface area contributed by atoms with E-state index in [0.717, 1.165) is 18.6 Å². The molecule has 122 valence electrons. The van der Waals surface area contributed by atoms with Crippen LogP contribution in [0.4, 0.5) is 0 Å². The summed E-state index contributed by atoms with van der Waals surface area (Å²) in [6, 6.07) is 4.36. The van der Waals surface area contributed by atoms with Gasteiger partial charge in [-0.15, -0.1) is 0 Å². The summed E-state index contributed by atoms with van der Waals surface area (Å²) in [6.07, 6.45) is 1.75. The summed E-state index contributed by atoms with van der Waals surface area (Å²) in [4.78, 5) is 11.0. The number of aliphatic carboxylic acids is 1. The van der Waals surface area contributed by atoms with Crippen molar-refractivity contribution in [3.8, 4) is 5.75 Å². The Kier molecular flexibility index (Phi) is 5.15. The van der Waals surface area contributed by atoms with Gasteiger partial charge in [-0.1, -0.05) is 38.5 Å². The molecule has 0 aliphatic heterocycles. The van der Waals surface area contributed by atoms with E-state index in [1.165, 1.54) is 16.7 Å². The topological polar surface area (TPSA) is 46.5 Å². The van der Waals surface area contributed by atoms with E-state index in [1.54, 1.807) is 0 Å². The molecule has 3 heteroatoms. The lowest BCUT2D eigenvalue weighted by Gasteiger charge is -2.21. The molecule has 1 N–H and O–H groups in total. The van der Waals surface area contributed by atoms with Gasteiger partial charge >= 0.3 is 5.97 Å². The monoisotopic (exact) mass is 304 g/mol. The zero-order valence-corrected chi connectivity index (χ0v) is 14.3. The van der Waals surface area contributed by atoms with Crippen LogP contribution in [0.2, 0.25) is 0 Å². The van der Waals surface area contributed by atoms with E-state index in [-0.39, 0.29) is 5.92 Å². The van der Waals surface area contributed by atoms with Gasteiger partial charge in [-0.3, -0.25) is 4.79 Å². The van der Waals surface area contributed by atoms with Crippen molar-refractivity contribution in [2.24, 2.45) is 17.8 Å². The maximum absolute atomic E-state index is 11.0. The normalized spacial score (nSPS) is 21.7. The fourth-order valence-corrected chi connectivity index (χ4v) is 3.19. The lowest BCUT2D eigenvalue weighted by Crippen LogP contribution is -2.10. The highest BCUT2D eigenvalue weighted by Crippen LogP contribution is 2.46. The van der Waals surface area contributed by atoms with Crippen molar-refractivity contribution in [1.82, 2.24) is 0 Å². The first-order valence-corrected chi connectivity index (χ1v) is 8.26. The lowest BCUT2D eigenvalue weighted by atomic mass is 9.91. The standard InChI is InChI=1S/C19H28O3/c1-11(2)10-22-18-14(5)6-12(3)7-16(18)13(4)8-15-9-17(15)19(20)21/h6-7,11,13,15,17H,8-10H2,1-5H3,(H,20,21). The zero-order valence-electron chi connectivity index (χ0n) is 14.3. The second-order valence-corrected chi connectivity index (χ2v) is 7.28. The van der Waals surface area contributed by atoms with Crippen LogP contribution in [0, 0.1) is 31.6 Å². The highest BCUT2D eigenvalue weighted by Gasteiger charge is 2.43. The van der Waals surface area contributed by atoms with Crippen molar-refractivity contribution < 1.29 is 14.6 Å². The lowest BCUT2D eigenvalue weighted by molar-refractivity contribution is -0.138. The first-order valence-electron chi connectivity index (χ1n) is 8.26. The SMILES string of the molecule is Cc1cc(C)c(OCC(C)C)c(C(C)CC2CC2C(=O)O)c1. The summed E-state index contributed by atoms with van der Waals surface area (Å²) in [5, 5.41) is 9.07. The quantitative estimate of drug-likeness (QED) is 0.803. The minimum absolute atomic E-state index is 0.131. The molecule has 0 heterocycles. The molecule has 0 saturated heterocycles. The second kappa shape index (κ2) is 6.72. The average molecular weight is 304 g/mol. The summed E-state index contributed by atoms with van der Waals surface area (Å²) in [7, 11) is 0. The van der Waals surface area contributed by atoms with Gasteiger partial charge in [-0.25, -0.2) is 0 Å². The maximum atomic E-state index is 11.0. The third-order valence-electron chi connectivity index (χ3n) is 4.44. The minimum Gasteiger partial charge on any atom is -0.493 e. The van der Waals surface area contributed by atoms with Gasteiger partial charge in [0.1, 0.15) is 5.75 Å². The Bertz CT molecular complexity index is 548. The Morgan fingerprint density at radius 2 is 2.00 bits per heavy atom. The average Bonchev–Trinajstić information content (AvgIpc) is 3.16. The molecule has 1 aromatic carbocycles. The van der Waals surface area contributed by atoms with Crippen molar-refractivity contribution in [3.05, 3.63) is 28.8 Å². The molecule has 0 amide bonds. The largest absolute Gasteiger partial charge is 0.493 e. The number of hydrogen-bond donors (Lipinski definition) is 1. The summed E-state index contributed by atoms with van der Waals surface area (Å²) < 4.78 is 6.07. The molecule has 1 saturated carbocycles. The van der Waals surface area contributed by atoms with E-state index in [2.05, 4.69) is 46.8 Å². The van der Waals surface area contributed by atoms with Gasteiger partial charge in [0.05, 0.1) is 12.5 Å². The number of hydrogen-bond acceptors (Lipinski definition) is 2. The third kappa shape index (κ3) is 4.02. The summed E-state index contributed by atoms with van der Waals surface area (Å²) in [5.41, 5.74) is 3.64. The van der Waals surface area contributed by atoms with E-state index in [9.17, 15) is 4.79 Å². The van der Waals surface area contributed by atoms with Crippen molar-refractivity contribution in [3.63, 3.8) is 0 Å². The molecule has 0 bridgehead atoms. The van der Waals surface area contributed by atoms with Gasteiger partial charge in [0.2, 0.25) is 0 Å². The number of ether oxygens (including phenoxy) is 1. The van der Waals surface area contributed by atoms with Crippen LogP contribution in [-0.4, -0.2) is 17.7 Å². The summed E-state index contributed by atoms with van der Waals surface area (Å²) in [5.74, 6) is 1.37. The van der Waals surface area contributed by atoms with E-state index < -0.39 is 5.97 Å². The molecule has 1 aliphatic carbocycles. The first-order chi connectivity index (χ1) is 10.3. The number of carboxylic acids is 1. The van der Waals surface area contributed by atoms with Crippen LogP contribution in [-0.2, 0) is 4.79 Å². The van der Waals surface area contributed by atoms with Gasteiger partial charge in [0, 0.05) is 0 Å². The van der Waals surface area contributed by atoms with Gasteiger partial charge in [-0.2, -0.15) is 0 Å². The molecule has 0 radical (unpaired) electrons. The van der Waals surface area contributed by atoms with Crippen molar-refractivity contribution in [2.75, 3.05) is 6.61 Å². The Morgan fingerprint density at radius 1 is 1.32 bits per heavy atom. The zero-order chi connectivity index (χ0) is 16.4. The predicted octanol–water partition coefficient (Wildman–Crippen LogP) is 4.55. The Hall–Kier alpha value is -1.51. The smallest absolute Gasteiger partial charge is 0.306 e.